The molecule has 0 atom stereocenters. The summed E-state index contributed by atoms with van der Waals surface area (Å²) < 4.78 is 44.1. The van der Waals surface area contributed by atoms with Crippen LogP contribution in [0.2, 0.25) is 0 Å². The summed E-state index contributed by atoms with van der Waals surface area (Å²) in [5, 5.41) is 3.76. The number of hydrogen-bond donors (Lipinski definition) is 0. The summed E-state index contributed by atoms with van der Waals surface area (Å²) in [5.74, 6) is -0.191. The van der Waals surface area contributed by atoms with Gasteiger partial charge in [-0.1, -0.05) is 0 Å². The maximum atomic E-state index is 13.3. The molecule has 172 valence electrons. The Balaban J connectivity index is 1.78. The Labute approximate surface area is 187 Å². The van der Waals surface area contributed by atoms with Crippen LogP contribution < -0.4 is 9.64 Å². The average molecular weight is 459 g/mol. The van der Waals surface area contributed by atoms with E-state index in [0.717, 1.165) is 4.68 Å². The van der Waals surface area contributed by atoms with E-state index in [9.17, 15) is 22.8 Å². The van der Waals surface area contributed by atoms with Crippen LogP contribution in [0, 0.1) is 6.92 Å². The van der Waals surface area contributed by atoms with Crippen LogP contribution in [0.25, 0.3) is 11.3 Å². The lowest BCUT2D eigenvalue weighted by molar-refractivity contribution is -0.142. The summed E-state index contributed by atoms with van der Waals surface area (Å²) in [4.78, 5) is 34.9. The molecule has 0 saturated carbocycles. The first kappa shape index (κ1) is 22.4. The number of anilines is 1. The predicted octanol–water partition coefficient (Wildman–Crippen LogP) is 3.93. The molecule has 0 saturated heterocycles. The molecule has 1 aliphatic rings. The molecule has 0 fully saturated rings. The van der Waals surface area contributed by atoms with Crippen molar-refractivity contribution in [3.8, 4) is 17.1 Å². The zero-order chi connectivity index (χ0) is 24.1. The molecular formula is C22H20F3N5O3. The van der Waals surface area contributed by atoms with Gasteiger partial charge in [0.2, 0.25) is 5.88 Å². The number of ether oxygens (including phenoxy) is 1. The van der Waals surface area contributed by atoms with Crippen LogP contribution in [-0.4, -0.2) is 45.2 Å². The second-order valence-corrected chi connectivity index (χ2v) is 8.20. The third-order valence-corrected chi connectivity index (χ3v) is 5.49. The molecule has 0 spiro atoms. The fraction of sp³-hybridized carbons (Fsp3) is 0.318. The largest absolute Gasteiger partial charge is 0.480 e. The van der Waals surface area contributed by atoms with Crippen molar-refractivity contribution in [2.75, 3.05) is 12.0 Å². The van der Waals surface area contributed by atoms with Gasteiger partial charge in [-0.2, -0.15) is 18.3 Å². The van der Waals surface area contributed by atoms with Crippen molar-refractivity contribution in [3.05, 3.63) is 53.1 Å². The standard InChI is InChI=1S/C22H20F3N5O3/c1-12-5-16(13-6-14(10-31)19(33-4)26-7-13)28-18-17(12)20(32)30(21(18,2)3)15-8-27-29(9-15)11-22(23,24)25/h5-10H,11H2,1-4H3. The summed E-state index contributed by atoms with van der Waals surface area (Å²) >= 11 is 0. The number of carbonyl (C=O) groups is 2. The lowest BCUT2D eigenvalue weighted by Gasteiger charge is -2.30. The van der Waals surface area contributed by atoms with Crippen molar-refractivity contribution < 1.29 is 27.5 Å². The molecule has 8 nitrogen and oxygen atoms in total. The minimum atomic E-state index is -4.43. The van der Waals surface area contributed by atoms with Crippen LogP contribution in [0.15, 0.2) is 30.7 Å². The number of pyridine rings is 2. The molecule has 0 radical (unpaired) electrons. The monoisotopic (exact) mass is 459 g/mol. The van der Waals surface area contributed by atoms with Gasteiger partial charge in [0.05, 0.1) is 47.0 Å². The number of alkyl halides is 3. The molecular weight excluding hydrogens is 439 g/mol. The number of fused-ring (bicyclic) bond motifs is 1. The first-order chi connectivity index (χ1) is 15.5. The third-order valence-electron chi connectivity index (χ3n) is 5.49. The number of rotatable bonds is 5. The Hall–Kier alpha value is -3.76. The van der Waals surface area contributed by atoms with Crippen LogP contribution in [0.1, 0.15) is 45.8 Å². The van der Waals surface area contributed by atoms with Crippen molar-refractivity contribution in [3.63, 3.8) is 0 Å². The highest BCUT2D eigenvalue weighted by Gasteiger charge is 2.47. The topological polar surface area (TPSA) is 90.2 Å². The summed E-state index contributed by atoms with van der Waals surface area (Å²) in [5.41, 5.74) is 2.07. The first-order valence-corrected chi connectivity index (χ1v) is 9.91. The molecule has 1 amide bonds. The van der Waals surface area contributed by atoms with E-state index >= 15 is 0 Å². The van der Waals surface area contributed by atoms with Crippen LogP contribution in [0.5, 0.6) is 5.88 Å². The Morgan fingerprint density at radius 2 is 1.94 bits per heavy atom. The van der Waals surface area contributed by atoms with Gasteiger partial charge in [-0.3, -0.25) is 19.2 Å². The molecule has 0 aliphatic carbocycles. The molecule has 4 rings (SSSR count). The summed E-state index contributed by atoms with van der Waals surface area (Å²) in [6.07, 6.45) is 0.138. The van der Waals surface area contributed by atoms with E-state index in [1.54, 1.807) is 32.9 Å². The molecule has 4 heterocycles. The quantitative estimate of drug-likeness (QED) is 0.537. The highest BCUT2D eigenvalue weighted by molar-refractivity contribution is 6.12. The molecule has 3 aromatic rings. The Morgan fingerprint density at radius 1 is 1.21 bits per heavy atom. The van der Waals surface area contributed by atoms with Crippen molar-refractivity contribution in [1.82, 2.24) is 19.7 Å². The van der Waals surface area contributed by atoms with Crippen molar-refractivity contribution in [1.29, 1.82) is 0 Å². The maximum Gasteiger partial charge on any atom is 0.408 e. The minimum Gasteiger partial charge on any atom is -0.480 e. The lowest BCUT2D eigenvalue weighted by Crippen LogP contribution is -2.39. The Bertz CT molecular complexity index is 1270. The summed E-state index contributed by atoms with van der Waals surface area (Å²) in [6, 6.07) is 3.30. The van der Waals surface area contributed by atoms with Crippen molar-refractivity contribution in [2.45, 2.75) is 39.0 Å². The van der Waals surface area contributed by atoms with E-state index in [1.807, 2.05) is 0 Å². The number of halogens is 3. The molecule has 0 N–H and O–H groups in total. The van der Waals surface area contributed by atoms with E-state index in [-0.39, 0.29) is 23.0 Å². The summed E-state index contributed by atoms with van der Waals surface area (Å²) in [6.45, 7) is 4.02. The van der Waals surface area contributed by atoms with E-state index < -0.39 is 18.3 Å². The van der Waals surface area contributed by atoms with Crippen LogP contribution in [0.3, 0.4) is 0 Å². The molecule has 0 aromatic carbocycles. The summed E-state index contributed by atoms with van der Waals surface area (Å²) in [7, 11) is 1.41. The Morgan fingerprint density at radius 3 is 2.58 bits per heavy atom. The van der Waals surface area contributed by atoms with Gasteiger partial charge in [0.1, 0.15) is 6.54 Å². The predicted molar refractivity (Wildman–Crippen MR) is 112 cm³/mol. The number of aromatic nitrogens is 4. The van der Waals surface area contributed by atoms with Gasteiger partial charge in [0.15, 0.2) is 6.29 Å². The van der Waals surface area contributed by atoms with Gasteiger partial charge in [0.25, 0.3) is 5.91 Å². The zero-order valence-corrected chi connectivity index (χ0v) is 18.3. The van der Waals surface area contributed by atoms with Crippen LogP contribution >= 0.6 is 0 Å². The average Bonchev–Trinajstić information content (AvgIpc) is 3.25. The number of amides is 1. The van der Waals surface area contributed by atoms with Gasteiger partial charge in [-0.25, -0.2) is 9.97 Å². The number of methoxy groups -OCH3 is 1. The van der Waals surface area contributed by atoms with Crippen LogP contribution in [-0.2, 0) is 12.1 Å². The van der Waals surface area contributed by atoms with Gasteiger partial charge < -0.3 is 4.74 Å². The van der Waals surface area contributed by atoms with Crippen molar-refractivity contribution in [2.24, 2.45) is 0 Å². The molecule has 1 aliphatic heterocycles. The lowest BCUT2D eigenvalue weighted by atomic mass is 9.96. The van der Waals surface area contributed by atoms with Crippen LogP contribution in [0.4, 0.5) is 18.9 Å². The fourth-order valence-corrected chi connectivity index (χ4v) is 4.05. The number of aldehydes is 1. The van der Waals surface area contributed by atoms with E-state index in [1.165, 1.54) is 30.6 Å². The van der Waals surface area contributed by atoms with E-state index in [2.05, 4.69) is 10.1 Å². The zero-order valence-electron chi connectivity index (χ0n) is 18.3. The maximum absolute atomic E-state index is 13.3. The van der Waals surface area contributed by atoms with E-state index in [4.69, 9.17) is 9.72 Å². The molecule has 33 heavy (non-hydrogen) atoms. The van der Waals surface area contributed by atoms with E-state index in [0.29, 0.717) is 34.4 Å². The number of aryl methyl sites for hydroxylation is 1. The number of carbonyl (C=O) groups excluding carboxylic acids is 2. The van der Waals surface area contributed by atoms with Gasteiger partial charge in [-0.15, -0.1) is 0 Å². The van der Waals surface area contributed by atoms with Gasteiger partial charge in [0, 0.05) is 18.0 Å². The second-order valence-electron chi connectivity index (χ2n) is 8.20. The van der Waals surface area contributed by atoms with Gasteiger partial charge >= 0.3 is 6.18 Å². The normalized spacial score (nSPS) is 15.0. The smallest absolute Gasteiger partial charge is 0.408 e. The molecule has 11 heteroatoms. The molecule has 0 unspecified atom stereocenters. The third kappa shape index (κ3) is 3.83. The molecule has 3 aromatic heterocycles. The fourth-order valence-electron chi connectivity index (χ4n) is 4.05. The Kier molecular flexibility index (Phi) is 5.22. The second kappa shape index (κ2) is 7.68. The molecule has 0 bridgehead atoms. The number of hydrogen-bond acceptors (Lipinski definition) is 6. The highest BCUT2D eigenvalue weighted by Crippen LogP contribution is 2.43. The first-order valence-electron chi connectivity index (χ1n) is 9.91. The van der Waals surface area contributed by atoms with Gasteiger partial charge in [-0.05, 0) is 38.5 Å². The minimum absolute atomic E-state index is 0.184. The number of nitrogens with zero attached hydrogens (tertiary/aromatic N) is 5. The van der Waals surface area contributed by atoms with Crippen molar-refractivity contribution >= 4 is 17.9 Å². The SMILES string of the molecule is COc1ncc(-c2cc(C)c3c(n2)C(C)(C)N(c2cnn(CC(F)(F)F)c2)C3=O)cc1C=O. The highest BCUT2D eigenvalue weighted by atomic mass is 19.4.